The summed E-state index contributed by atoms with van der Waals surface area (Å²) < 4.78 is 59.1. The summed E-state index contributed by atoms with van der Waals surface area (Å²) >= 11 is 0. The predicted molar refractivity (Wildman–Crippen MR) is 143 cm³/mol. The van der Waals surface area contributed by atoms with Crippen molar-refractivity contribution in [3.63, 3.8) is 0 Å². The van der Waals surface area contributed by atoms with E-state index in [2.05, 4.69) is 15.0 Å². The van der Waals surface area contributed by atoms with E-state index < -0.39 is 0 Å². The minimum atomic E-state index is 0.211. The van der Waals surface area contributed by atoms with E-state index in [0.29, 0.717) is 152 Å². The van der Waals surface area contributed by atoms with Gasteiger partial charge in [0.05, 0.1) is 145 Å². The second kappa shape index (κ2) is 37.6. The molecule has 0 amide bonds. The average Bonchev–Trinajstić information content (AvgIpc) is 2.97. The van der Waals surface area contributed by atoms with Gasteiger partial charge in [-0.1, -0.05) is 0 Å². The van der Waals surface area contributed by atoms with Crippen LogP contribution in [0.1, 0.15) is 0 Å². The fourth-order valence-electron chi connectivity index (χ4n) is 2.55. The number of hydrogen-bond acceptors (Lipinski definition) is 14. The van der Waals surface area contributed by atoms with Crippen molar-refractivity contribution in [1.82, 2.24) is 0 Å². The first kappa shape index (κ1) is 38.6. The second-order valence-corrected chi connectivity index (χ2v) is 7.53. The Labute approximate surface area is 237 Å². The summed E-state index contributed by atoms with van der Waals surface area (Å²) in [6.07, 6.45) is 0. The van der Waals surface area contributed by atoms with Crippen LogP contribution in [-0.4, -0.2) is 159 Å². The number of azide groups is 1. The van der Waals surface area contributed by atoms with Crippen molar-refractivity contribution in [3.05, 3.63) is 10.4 Å². The largest absolute Gasteiger partial charge is 0.431 e. The zero-order valence-electron chi connectivity index (χ0n) is 23.8. The molecule has 40 heavy (non-hydrogen) atoms. The predicted octanol–water partition coefficient (Wildman–Crippen LogP) is 0.370. The van der Waals surface area contributed by atoms with Crippen molar-refractivity contribution in [2.24, 2.45) is 11.0 Å². The molecule has 0 aromatic carbocycles. The first-order valence-electron chi connectivity index (χ1n) is 13.6. The van der Waals surface area contributed by atoms with Gasteiger partial charge in [-0.3, -0.25) is 0 Å². The molecular formula is C24H50N4O12. The van der Waals surface area contributed by atoms with E-state index in [1.807, 2.05) is 0 Å². The SMILES string of the molecule is [N-]=[N+]=NOCCOCCOCCOCCOCCOCCOCCOCCOCCOCCOCCOCCN. The van der Waals surface area contributed by atoms with Crippen LogP contribution in [0.2, 0.25) is 0 Å². The van der Waals surface area contributed by atoms with Gasteiger partial charge in [-0.25, -0.2) is 0 Å². The highest BCUT2D eigenvalue weighted by molar-refractivity contribution is 4.39. The van der Waals surface area contributed by atoms with Crippen LogP contribution in [0.15, 0.2) is 5.28 Å². The van der Waals surface area contributed by atoms with Gasteiger partial charge in [0, 0.05) is 11.5 Å². The second-order valence-electron chi connectivity index (χ2n) is 7.53. The molecule has 0 rings (SSSR count). The van der Waals surface area contributed by atoms with Crippen molar-refractivity contribution in [2.45, 2.75) is 0 Å². The molecule has 0 aliphatic rings. The topological polar surface area (TPSA) is 186 Å². The zero-order chi connectivity index (χ0) is 28.9. The van der Waals surface area contributed by atoms with Gasteiger partial charge in [0.2, 0.25) is 0 Å². The minimum Gasteiger partial charge on any atom is -0.431 e. The average molecular weight is 587 g/mol. The van der Waals surface area contributed by atoms with E-state index in [4.69, 9.17) is 63.4 Å². The molecule has 16 nitrogen and oxygen atoms in total. The summed E-state index contributed by atoms with van der Waals surface area (Å²) in [5.41, 5.74) is 13.3. The third kappa shape index (κ3) is 36.6. The molecular weight excluding hydrogens is 536 g/mol. The molecule has 16 heteroatoms. The molecule has 0 spiro atoms. The molecule has 0 aliphatic heterocycles. The van der Waals surface area contributed by atoms with Gasteiger partial charge >= 0.3 is 0 Å². The molecule has 0 aromatic heterocycles. The highest BCUT2D eigenvalue weighted by atomic mass is 16.7. The molecule has 0 bridgehead atoms. The Morgan fingerprint density at radius 3 is 0.750 bits per heavy atom. The van der Waals surface area contributed by atoms with Gasteiger partial charge in [0.1, 0.15) is 11.9 Å². The normalized spacial score (nSPS) is 11.1. The first-order valence-corrected chi connectivity index (χ1v) is 13.6. The van der Waals surface area contributed by atoms with Crippen LogP contribution in [0.25, 0.3) is 10.4 Å². The van der Waals surface area contributed by atoms with Gasteiger partial charge in [-0.05, 0) is 5.53 Å². The van der Waals surface area contributed by atoms with Gasteiger partial charge in [0.15, 0.2) is 0 Å². The lowest BCUT2D eigenvalue weighted by Crippen LogP contribution is -2.15. The summed E-state index contributed by atoms with van der Waals surface area (Å²) in [7, 11) is 0. The van der Waals surface area contributed by atoms with Crippen LogP contribution in [-0.2, 0) is 56.9 Å². The van der Waals surface area contributed by atoms with Gasteiger partial charge in [0.25, 0.3) is 0 Å². The van der Waals surface area contributed by atoms with Crippen LogP contribution in [0, 0.1) is 0 Å². The standard InChI is InChI=1S/C24H50N4O12/c25-1-2-29-3-4-30-5-6-31-7-8-32-9-10-33-11-12-34-13-14-35-15-16-36-17-18-37-19-20-38-21-22-39-23-24-40-28-27-26/h1-25H2. The van der Waals surface area contributed by atoms with Crippen LogP contribution < -0.4 is 5.73 Å². The summed E-state index contributed by atoms with van der Waals surface area (Å²) in [6.45, 7) is 11.6. The van der Waals surface area contributed by atoms with Crippen molar-refractivity contribution < 1.29 is 56.9 Å². The highest BCUT2D eigenvalue weighted by Crippen LogP contribution is 1.87. The molecule has 0 saturated heterocycles. The molecule has 0 radical (unpaired) electrons. The molecule has 0 aromatic rings. The maximum atomic E-state index is 8.02. The maximum absolute atomic E-state index is 8.02. The number of hydrogen-bond donors (Lipinski definition) is 1. The fourth-order valence-corrected chi connectivity index (χ4v) is 2.55. The first-order chi connectivity index (χ1) is 19.9. The lowest BCUT2D eigenvalue weighted by Gasteiger charge is -2.09. The lowest BCUT2D eigenvalue weighted by molar-refractivity contribution is -0.0283. The van der Waals surface area contributed by atoms with E-state index in [-0.39, 0.29) is 6.61 Å². The van der Waals surface area contributed by atoms with Gasteiger partial charge < -0.3 is 62.7 Å². The summed E-state index contributed by atoms with van der Waals surface area (Å²) in [4.78, 5) is 6.99. The van der Waals surface area contributed by atoms with Crippen molar-refractivity contribution in [2.75, 3.05) is 159 Å². The number of rotatable bonds is 36. The van der Waals surface area contributed by atoms with Crippen molar-refractivity contribution in [1.29, 1.82) is 0 Å². The molecule has 0 aliphatic carbocycles. The van der Waals surface area contributed by atoms with Crippen LogP contribution in [0.3, 0.4) is 0 Å². The van der Waals surface area contributed by atoms with Gasteiger partial charge in [-0.2, -0.15) is 0 Å². The van der Waals surface area contributed by atoms with Gasteiger partial charge in [-0.15, -0.1) is 0 Å². The Kier molecular flexibility index (Phi) is 36.3. The molecule has 0 atom stereocenters. The molecule has 0 saturated carbocycles. The molecule has 0 heterocycles. The maximum Gasteiger partial charge on any atom is 0.120 e. The molecule has 0 fully saturated rings. The van der Waals surface area contributed by atoms with Crippen LogP contribution >= 0.6 is 0 Å². The molecule has 0 unspecified atom stereocenters. The summed E-state index contributed by atoms with van der Waals surface area (Å²) in [6, 6.07) is 0. The van der Waals surface area contributed by atoms with E-state index in [0.717, 1.165) is 0 Å². The van der Waals surface area contributed by atoms with Crippen molar-refractivity contribution in [3.8, 4) is 0 Å². The molecule has 238 valence electrons. The van der Waals surface area contributed by atoms with E-state index in [1.54, 1.807) is 0 Å². The fraction of sp³-hybridized carbons (Fsp3) is 1.00. The highest BCUT2D eigenvalue weighted by Gasteiger charge is 1.96. The lowest BCUT2D eigenvalue weighted by atomic mass is 10.6. The third-order valence-corrected chi connectivity index (χ3v) is 4.40. The van der Waals surface area contributed by atoms with E-state index >= 15 is 0 Å². The Bertz CT molecular complexity index is 522. The number of nitrogens with zero attached hydrogens (tertiary/aromatic N) is 3. The quantitative estimate of drug-likeness (QED) is 0.0349. The smallest absolute Gasteiger partial charge is 0.120 e. The Morgan fingerprint density at radius 2 is 0.550 bits per heavy atom. The zero-order valence-corrected chi connectivity index (χ0v) is 23.8. The Balaban J connectivity index is 3.03. The van der Waals surface area contributed by atoms with Crippen molar-refractivity contribution >= 4 is 0 Å². The summed E-state index contributed by atoms with van der Waals surface area (Å²) in [5.74, 6) is 0. The number of nitrogens with two attached hydrogens (primary N) is 1. The Hall–Kier alpha value is -1.37. The molecule has 2 N–H and O–H groups in total. The monoisotopic (exact) mass is 586 g/mol. The third-order valence-electron chi connectivity index (χ3n) is 4.40. The summed E-state index contributed by atoms with van der Waals surface area (Å²) in [5, 5.41) is 2.93. The van der Waals surface area contributed by atoms with E-state index in [9.17, 15) is 0 Å². The minimum absolute atomic E-state index is 0.211. The number of ether oxygens (including phenoxy) is 11. The van der Waals surface area contributed by atoms with E-state index in [1.165, 1.54) is 0 Å². The van der Waals surface area contributed by atoms with Crippen LogP contribution in [0.5, 0.6) is 0 Å². The van der Waals surface area contributed by atoms with Crippen LogP contribution in [0.4, 0.5) is 0 Å². The Morgan fingerprint density at radius 1 is 0.350 bits per heavy atom.